The first-order valence-electron chi connectivity index (χ1n) is 6.28. The normalized spacial score (nSPS) is 22.1. The number of nitrogens with one attached hydrogen (secondary N) is 2. The second kappa shape index (κ2) is 7.34. The van der Waals surface area contributed by atoms with E-state index < -0.39 is 12.1 Å². The van der Waals surface area contributed by atoms with Crippen molar-refractivity contribution in [1.29, 1.82) is 0 Å². The molecule has 1 saturated carbocycles. The third-order valence-corrected chi connectivity index (χ3v) is 2.96. The van der Waals surface area contributed by atoms with Crippen molar-refractivity contribution in [2.75, 3.05) is 0 Å². The van der Waals surface area contributed by atoms with Gasteiger partial charge in [-0.25, -0.2) is 20.4 Å². The number of hydrazone groups is 2. The number of amides is 4. The second-order valence-electron chi connectivity index (χ2n) is 4.31. The Morgan fingerprint density at radius 3 is 2.53 bits per heavy atom. The molecule has 0 radical (unpaired) electrons. The van der Waals surface area contributed by atoms with Crippen LogP contribution in [0.3, 0.4) is 0 Å². The molecule has 0 saturated heterocycles. The highest BCUT2D eigenvalue weighted by Gasteiger charge is 2.25. The van der Waals surface area contributed by atoms with Gasteiger partial charge >= 0.3 is 12.1 Å². The molecule has 0 aromatic heterocycles. The van der Waals surface area contributed by atoms with Gasteiger partial charge in [0.15, 0.2) is 0 Å². The van der Waals surface area contributed by atoms with E-state index in [1.807, 2.05) is 6.92 Å². The third kappa shape index (κ3) is 4.94. The fraction of sp³-hybridized carbons (Fsp3) is 0.636. The fourth-order valence-corrected chi connectivity index (χ4v) is 2.15. The number of urea groups is 2. The molecule has 1 aliphatic rings. The Bertz CT molecular complexity index is 378. The molecule has 1 atom stereocenters. The summed E-state index contributed by atoms with van der Waals surface area (Å²) in [5.74, 6) is 0.0115. The van der Waals surface area contributed by atoms with Gasteiger partial charge in [-0.1, -0.05) is 13.3 Å². The van der Waals surface area contributed by atoms with Crippen molar-refractivity contribution >= 4 is 23.5 Å². The van der Waals surface area contributed by atoms with E-state index in [1.165, 1.54) is 0 Å². The zero-order chi connectivity index (χ0) is 14.3. The molecule has 0 unspecified atom stereocenters. The highest BCUT2D eigenvalue weighted by Crippen LogP contribution is 2.24. The van der Waals surface area contributed by atoms with Crippen molar-refractivity contribution in [2.45, 2.75) is 39.0 Å². The van der Waals surface area contributed by atoms with Crippen LogP contribution in [0.2, 0.25) is 0 Å². The van der Waals surface area contributed by atoms with Crippen LogP contribution in [0.1, 0.15) is 39.0 Å². The van der Waals surface area contributed by atoms with Gasteiger partial charge in [0.25, 0.3) is 0 Å². The van der Waals surface area contributed by atoms with Crippen LogP contribution in [0.25, 0.3) is 0 Å². The van der Waals surface area contributed by atoms with Crippen molar-refractivity contribution < 1.29 is 9.59 Å². The van der Waals surface area contributed by atoms with E-state index in [1.54, 1.807) is 0 Å². The van der Waals surface area contributed by atoms with Crippen LogP contribution in [-0.4, -0.2) is 23.5 Å². The van der Waals surface area contributed by atoms with Crippen LogP contribution in [0.15, 0.2) is 10.2 Å². The average Bonchev–Trinajstić information content (AvgIpc) is 2.37. The topological polar surface area (TPSA) is 135 Å². The SMILES string of the molecule is CC/C(=N/NC(N)=O)[C@@H]1CCCC/C1=N/NC(N)=O. The molecule has 1 rings (SSSR count). The third-order valence-electron chi connectivity index (χ3n) is 2.96. The lowest BCUT2D eigenvalue weighted by Crippen LogP contribution is -2.34. The first-order chi connectivity index (χ1) is 9.04. The van der Waals surface area contributed by atoms with Crippen LogP contribution in [-0.2, 0) is 0 Å². The summed E-state index contributed by atoms with van der Waals surface area (Å²) in [6.07, 6.45) is 4.39. The minimum Gasteiger partial charge on any atom is -0.350 e. The molecule has 8 heteroatoms. The quantitative estimate of drug-likeness (QED) is 0.439. The predicted molar refractivity (Wildman–Crippen MR) is 72.6 cm³/mol. The smallest absolute Gasteiger partial charge is 0.332 e. The van der Waals surface area contributed by atoms with E-state index >= 15 is 0 Å². The van der Waals surface area contributed by atoms with E-state index in [2.05, 4.69) is 21.1 Å². The van der Waals surface area contributed by atoms with Crippen molar-refractivity contribution in [1.82, 2.24) is 10.9 Å². The molecule has 4 amide bonds. The number of rotatable bonds is 4. The van der Waals surface area contributed by atoms with Gasteiger partial charge in [0.05, 0.1) is 0 Å². The van der Waals surface area contributed by atoms with E-state index in [0.29, 0.717) is 6.42 Å². The summed E-state index contributed by atoms with van der Waals surface area (Å²) in [4.78, 5) is 21.4. The lowest BCUT2D eigenvalue weighted by atomic mass is 9.83. The minimum atomic E-state index is -0.699. The zero-order valence-corrected chi connectivity index (χ0v) is 11.0. The van der Waals surface area contributed by atoms with Crippen LogP contribution >= 0.6 is 0 Å². The highest BCUT2D eigenvalue weighted by atomic mass is 16.2. The highest BCUT2D eigenvalue weighted by molar-refractivity contribution is 6.08. The van der Waals surface area contributed by atoms with Gasteiger partial charge in [-0.15, -0.1) is 0 Å². The summed E-state index contributed by atoms with van der Waals surface area (Å²) in [5, 5.41) is 8.04. The Morgan fingerprint density at radius 2 is 1.95 bits per heavy atom. The summed E-state index contributed by atoms with van der Waals surface area (Å²) in [7, 11) is 0. The average molecular weight is 268 g/mol. The molecular formula is C11H20N6O2. The number of nitrogens with two attached hydrogens (primary N) is 2. The molecule has 0 aromatic carbocycles. The molecule has 0 heterocycles. The number of hydrogen-bond donors (Lipinski definition) is 4. The molecule has 6 N–H and O–H groups in total. The van der Waals surface area contributed by atoms with Crippen molar-refractivity contribution in [3.63, 3.8) is 0 Å². The second-order valence-corrected chi connectivity index (χ2v) is 4.31. The molecule has 8 nitrogen and oxygen atoms in total. The molecular weight excluding hydrogens is 248 g/mol. The molecule has 0 aromatic rings. The largest absolute Gasteiger partial charge is 0.350 e. The standard InChI is InChI=1S/C11H20N6O2/c1-2-8(14-16-10(12)18)7-5-3-4-6-9(7)15-17-11(13)19/h7H,2-6H2,1H3,(H3,12,16,18)(H3,13,17,19)/b14-8-,15-9-/t7-/m0/s1. The first-order valence-corrected chi connectivity index (χ1v) is 6.28. The Balaban J connectivity index is 2.84. The molecule has 1 fully saturated rings. The van der Waals surface area contributed by atoms with Crippen molar-refractivity contribution in [3.05, 3.63) is 0 Å². The summed E-state index contributed by atoms with van der Waals surface area (Å²) >= 11 is 0. The minimum absolute atomic E-state index is 0.0115. The lowest BCUT2D eigenvalue weighted by Gasteiger charge is -2.24. The molecule has 0 aliphatic heterocycles. The Morgan fingerprint density at radius 1 is 1.26 bits per heavy atom. The van der Waals surface area contributed by atoms with E-state index in [4.69, 9.17) is 11.5 Å². The fourth-order valence-electron chi connectivity index (χ4n) is 2.15. The Kier molecular flexibility index (Phi) is 5.77. The zero-order valence-electron chi connectivity index (χ0n) is 11.0. The van der Waals surface area contributed by atoms with Crippen LogP contribution in [0.4, 0.5) is 9.59 Å². The maximum atomic E-state index is 10.7. The van der Waals surface area contributed by atoms with Gasteiger partial charge in [-0.3, -0.25) is 0 Å². The van der Waals surface area contributed by atoms with Crippen molar-refractivity contribution in [2.24, 2.45) is 27.6 Å². The molecule has 1 aliphatic carbocycles. The maximum Gasteiger partial charge on any atom is 0.332 e. The van der Waals surface area contributed by atoms with E-state index in [-0.39, 0.29) is 5.92 Å². The summed E-state index contributed by atoms with van der Waals surface area (Å²) < 4.78 is 0. The van der Waals surface area contributed by atoms with Gasteiger partial charge in [-0.05, 0) is 25.7 Å². The van der Waals surface area contributed by atoms with Gasteiger partial charge in [0.1, 0.15) is 0 Å². The number of nitrogens with zero attached hydrogens (tertiary/aromatic N) is 2. The summed E-state index contributed by atoms with van der Waals surface area (Å²) in [6.45, 7) is 1.94. The number of carbonyl (C=O) groups excluding carboxylic acids is 2. The van der Waals surface area contributed by atoms with E-state index in [9.17, 15) is 9.59 Å². The Labute approximate surface area is 111 Å². The Hall–Kier alpha value is -2.12. The molecule has 106 valence electrons. The number of carbonyl (C=O) groups is 2. The van der Waals surface area contributed by atoms with E-state index in [0.717, 1.165) is 37.1 Å². The van der Waals surface area contributed by atoms with Crippen molar-refractivity contribution in [3.8, 4) is 0 Å². The van der Waals surface area contributed by atoms with Crippen LogP contribution < -0.4 is 22.3 Å². The molecule has 0 bridgehead atoms. The molecule has 19 heavy (non-hydrogen) atoms. The summed E-state index contributed by atoms with van der Waals surface area (Å²) in [5.41, 5.74) is 16.1. The van der Waals surface area contributed by atoms with Gasteiger partial charge in [0, 0.05) is 17.3 Å². The number of hydrogen-bond acceptors (Lipinski definition) is 4. The monoisotopic (exact) mass is 268 g/mol. The van der Waals surface area contributed by atoms with Gasteiger partial charge < -0.3 is 11.5 Å². The lowest BCUT2D eigenvalue weighted by molar-refractivity contribution is 0.248. The predicted octanol–water partition coefficient (Wildman–Crippen LogP) is 0.635. The number of primary amides is 2. The summed E-state index contributed by atoms with van der Waals surface area (Å²) in [6, 6.07) is -1.39. The van der Waals surface area contributed by atoms with Gasteiger partial charge in [-0.2, -0.15) is 10.2 Å². The van der Waals surface area contributed by atoms with Crippen LogP contribution in [0, 0.1) is 5.92 Å². The van der Waals surface area contributed by atoms with Gasteiger partial charge in [0.2, 0.25) is 0 Å². The first kappa shape index (κ1) is 14.9. The van der Waals surface area contributed by atoms with Crippen LogP contribution in [0.5, 0.6) is 0 Å². The maximum absolute atomic E-state index is 10.7. The molecule has 0 spiro atoms.